The smallest absolute Gasteiger partial charge is 0.416 e. The molecule has 1 saturated heterocycles. The molecule has 0 atom stereocenters. The van der Waals surface area contributed by atoms with Crippen LogP contribution in [0, 0.1) is 10.1 Å². The number of rotatable bonds is 4. The van der Waals surface area contributed by atoms with Crippen molar-refractivity contribution in [1.29, 1.82) is 0 Å². The van der Waals surface area contributed by atoms with Crippen LogP contribution in [0.5, 0.6) is 0 Å². The van der Waals surface area contributed by atoms with Crippen molar-refractivity contribution >= 4 is 40.3 Å². The van der Waals surface area contributed by atoms with Crippen LogP contribution in [0.15, 0.2) is 75.0 Å². The number of alkyl halides is 3. The molecular formula is C25H19F3N4O4S. The molecule has 0 aliphatic carbocycles. The van der Waals surface area contributed by atoms with Crippen molar-refractivity contribution in [3.8, 4) is 11.3 Å². The van der Waals surface area contributed by atoms with Crippen molar-refractivity contribution < 1.29 is 27.3 Å². The lowest BCUT2D eigenvalue weighted by Crippen LogP contribution is -2.47. The highest BCUT2D eigenvalue weighted by molar-refractivity contribution is 8.18. The Kier molecular flexibility index (Phi) is 6.50. The highest BCUT2D eigenvalue weighted by Gasteiger charge is 2.32. The number of nitrogens with zero attached hydrogens (tertiary/aromatic N) is 4. The Balaban J connectivity index is 1.24. The number of aliphatic imine (C=N–C) groups is 1. The molecule has 3 heterocycles. The molecule has 0 spiro atoms. The third-order valence-electron chi connectivity index (χ3n) is 5.96. The number of hydrogen-bond acceptors (Lipinski definition) is 7. The van der Waals surface area contributed by atoms with Crippen molar-refractivity contribution in [3.63, 3.8) is 0 Å². The van der Waals surface area contributed by atoms with Crippen LogP contribution in [-0.4, -0.2) is 47.1 Å². The maximum atomic E-state index is 13.1. The van der Waals surface area contributed by atoms with Crippen molar-refractivity contribution in [2.75, 3.05) is 31.1 Å². The van der Waals surface area contributed by atoms with Crippen LogP contribution >= 0.6 is 11.8 Å². The summed E-state index contributed by atoms with van der Waals surface area (Å²) in [5, 5.41) is 11.8. The molecule has 1 fully saturated rings. The zero-order valence-electron chi connectivity index (χ0n) is 19.1. The number of amides is 1. The molecule has 190 valence electrons. The SMILES string of the molecule is O=C1N=C(N2CCN(c3cccc(C(F)(F)F)c3)CC2)S/C1=C\c1ccc(-c2ccccc2[N+](=O)[O-])o1. The quantitative estimate of drug-likeness (QED) is 0.245. The number of hydrogen-bond donors (Lipinski definition) is 0. The summed E-state index contributed by atoms with van der Waals surface area (Å²) in [6.07, 6.45) is -2.86. The molecule has 0 N–H and O–H groups in total. The molecule has 2 aliphatic rings. The molecule has 1 amide bonds. The van der Waals surface area contributed by atoms with Gasteiger partial charge in [0, 0.05) is 44.0 Å². The van der Waals surface area contributed by atoms with Crippen molar-refractivity contribution in [2.24, 2.45) is 4.99 Å². The van der Waals surface area contributed by atoms with E-state index in [-0.39, 0.29) is 5.69 Å². The Morgan fingerprint density at radius 2 is 1.73 bits per heavy atom. The normalized spacial score (nSPS) is 17.4. The average molecular weight is 529 g/mol. The molecule has 37 heavy (non-hydrogen) atoms. The molecule has 2 aliphatic heterocycles. The highest BCUT2D eigenvalue weighted by Crippen LogP contribution is 2.35. The van der Waals surface area contributed by atoms with Crippen LogP contribution < -0.4 is 4.90 Å². The summed E-state index contributed by atoms with van der Waals surface area (Å²) in [5.74, 6) is 0.236. The molecule has 0 bridgehead atoms. The fraction of sp³-hybridized carbons (Fsp3) is 0.200. The van der Waals surface area contributed by atoms with Gasteiger partial charge in [-0.25, -0.2) is 0 Å². The summed E-state index contributed by atoms with van der Waals surface area (Å²) in [7, 11) is 0. The topological polar surface area (TPSA) is 92.2 Å². The van der Waals surface area contributed by atoms with Gasteiger partial charge in [0.15, 0.2) is 5.17 Å². The van der Waals surface area contributed by atoms with Gasteiger partial charge in [0.05, 0.1) is 21.0 Å². The van der Waals surface area contributed by atoms with Gasteiger partial charge < -0.3 is 14.2 Å². The molecule has 2 aromatic carbocycles. The summed E-state index contributed by atoms with van der Waals surface area (Å²) in [6.45, 7) is 1.94. The number of halogens is 3. The lowest BCUT2D eigenvalue weighted by molar-refractivity contribution is -0.384. The number of carbonyl (C=O) groups is 1. The summed E-state index contributed by atoms with van der Waals surface area (Å²) >= 11 is 1.19. The van der Waals surface area contributed by atoms with E-state index in [1.165, 1.54) is 23.9 Å². The van der Waals surface area contributed by atoms with Gasteiger partial charge in [-0.15, -0.1) is 0 Å². The molecule has 0 saturated carbocycles. The third kappa shape index (κ3) is 5.24. The highest BCUT2D eigenvalue weighted by atomic mass is 32.2. The van der Waals surface area contributed by atoms with Crippen LogP contribution in [0.3, 0.4) is 0 Å². The number of thioether (sulfide) groups is 1. The molecule has 0 unspecified atom stereocenters. The van der Waals surface area contributed by atoms with Crippen LogP contribution in [0.2, 0.25) is 0 Å². The molecule has 8 nitrogen and oxygen atoms in total. The van der Waals surface area contributed by atoms with Gasteiger partial charge >= 0.3 is 6.18 Å². The lowest BCUT2D eigenvalue weighted by atomic mass is 10.1. The molecule has 12 heteroatoms. The summed E-state index contributed by atoms with van der Waals surface area (Å²) < 4.78 is 44.9. The maximum absolute atomic E-state index is 13.1. The Labute approximate surface area is 213 Å². The third-order valence-corrected chi connectivity index (χ3v) is 7.01. The van der Waals surface area contributed by atoms with E-state index in [0.29, 0.717) is 59.0 Å². The Morgan fingerprint density at radius 3 is 2.46 bits per heavy atom. The molecule has 0 radical (unpaired) electrons. The molecule has 5 rings (SSSR count). The van der Waals surface area contributed by atoms with Crippen molar-refractivity contribution in [3.05, 3.63) is 87.0 Å². The van der Waals surface area contributed by atoms with Crippen LogP contribution in [0.25, 0.3) is 17.4 Å². The van der Waals surface area contributed by atoms with Gasteiger partial charge in [-0.3, -0.25) is 14.9 Å². The largest absolute Gasteiger partial charge is 0.456 e. The first-order valence-corrected chi connectivity index (χ1v) is 12.0. The van der Waals surface area contributed by atoms with E-state index in [0.717, 1.165) is 12.1 Å². The number of para-hydroxylation sites is 1. The summed E-state index contributed by atoms with van der Waals surface area (Å²) in [4.78, 5) is 31.6. The van der Waals surface area contributed by atoms with Crippen LogP contribution in [0.1, 0.15) is 11.3 Å². The minimum absolute atomic E-state index is 0.0859. The second kappa shape index (κ2) is 9.77. The van der Waals surface area contributed by atoms with E-state index in [1.54, 1.807) is 42.5 Å². The second-order valence-corrected chi connectivity index (χ2v) is 9.32. The first kappa shape index (κ1) is 24.6. The average Bonchev–Trinajstić information content (AvgIpc) is 3.50. The van der Waals surface area contributed by atoms with Gasteiger partial charge in [0.1, 0.15) is 11.5 Å². The number of piperazine rings is 1. The Bertz CT molecular complexity index is 1430. The van der Waals surface area contributed by atoms with Crippen LogP contribution in [-0.2, 0) is 11.0 Å². The monoisotopic (exact) mass is 528 g/mol. The van der Waals surface area contributed by atoms with E-state index in [2.05, 4.69) is 4.99 Å². The minimum Gasteiger partial charge on any atom is -0.456 e. The first-order chi connectivity index (χ1) is 17.7. The van der Waals surface area contributed by atoms with E-state index >= 15 is 0 Å². The fourth-order valence-corrected chi connectivity index (χ4v) is 5.06. The van der Waals surface area contributed by atoms with Crippen molar-refractivity contribution in [2.45, 2.75) is 6.18 Å². The number of anilines is 1. The fourth-order valence-electron chi connectivity index (χ4n) is 4.11. The number of furan rings is 1. The molecular weight excluding hydrogens is 509 g/mol. The number of nitro benzene ring substituents is 1. The zero-order valence-corrected chi connectivity index (χ0v) is 20.0. The summed E-state index contributed by atoms with van der Waals surface area (Å²) in [5.41, 5.74) is 0.0568. The van der Waals surface area contributed by atoms with E-state index in [4.69, 9.17) is 4.42 Å². The Morgan fingerprint density at radius 1 is 1.00 bits per heavy atom. The van der Waals surface area contributed by atoms with E-state index in [1.807, 2.05) is 9.80 Å². The van der Waals surface area contributed by atoms with Crippen molar-refractivity contribution in [1.82, 2.24) is 4.90 Å². The van der Waals surface area contributed by atoms with Gasteiger partial charge in [-0.05, 0) is 48.2 Å². The van der Waals surface area contributed by atoms with Gasteiger partial charge in [0.2, 0.25) is 0 Å². The second-order valence-electron chi connectivity index (χ2n) is 8.31. The number of carbonyl (C=O) groups excluding carboxylic acids is 1. The lowest BCUT2D eigenvalue weighted by Gasteiger charge is -2.36. The number of benzene rings is 2. The predicted molar refractivity (Wildman–Crippen MR) is 134 cm³/mol. The zero-order chi connectivity index (χ0) is 26.2. The first-order valence-electron chi connectivity index (χ1n) is 11.2. The molecule has 1 aromatic heterocycles. The predicted octanol–water partition coefficient (Wildman–Crippen LogP) is 5.67. The maximum Gasteiger partial charge on any atom is 0.416 e. The number of nitro groups is 1. The number of amidine groups is 1. The van der Waals surface area contributed by atoms with E-state index < -0.39 is 22.6 Å². The van der Waals surface area contributed by atoms with E-state index in [9.17, 15) is 28.1 Å². The van der Waals surface area contributed by atoms with Crippen LogP contribution in [0.4, 0.5) is 24.5 Å². The standard InChI is InChI=1S/C25H19F3N4O4S/c26-25(27,28)16-4-3-5-17(14-16)30-10-12-31(13-11-30)24-29-23(33)22(37-24)15-18-8-9-21(36-18)19-6-1-2-7-20(19)32(34)35/h1-9,14-15H,10-13H2/b22-15-. The Hall–Kier alpha value is -4.06. The summed E-state index contributed by atoms with van der Waals surface area (Å²) in [6, 6.07) is 14.7. The minimum atomic E-state index is -4.40. The molecule has 3 aromatic rings. The van der Waals surface area contributed by atoms with Gasteiger partial charge in [-0.1, -0.05) is 18.2 Å². The van der Waals surface area contributed by atoms with Gasteiger partial charge in [0.25, 0.3) is 11.6 Å². The van der Waals surface area contributed by atoms with Gasteiger partial charge in [-0.2, -0.15) is 18.2 Å².